The van der Waals surface area contributed by atoms with E-state index in [-0.39, 0.29) is 0 Å². The van der Waals surface area contributed by atoms with Gasteiger partial charge in [-0.2, -0.15) is 4.98 Å². The molecule has 0 bridgehead atoms. The van der Waals surface area contributed by atoms with Gasteiger partial charge in [-0.1, -0.05) is 0 Å². The van der Waals surface area contributed by atoms with Crippen molar-refractivity contribution >= 4 is 27.7 Å². The lowest BCUT2D eigenvalue weighted by atomic mass is 10.2. The molecule has 0 aliphatic heterocycles. The van der Waals surface area contributed by atoms with E-state index in [9.17, 15) is 0 Å². The Balaban J connectivity index is 1.64. The smallest absolute Gasteiger partial charge is 0.224 e. The molecule has 0 spiro atoms. The Morgan fingerprint density at radius 3 is 2.07 bits per heavy atom. The highest BCUT2D eigenvalue weighted by molar-refractivity contribution is 9.10. The van der Waals surface area contributed by atoms with Gasteiger partial charge in [0.05, 0.1) is 18.7 Å². The van der Waals surface area contributed by atoms with Gasteiger partial charge in [-0.3, -0.25) is 0 Å². The summed E-state index contributed by atoms with van der Waals surface area (Å²) in [6.45, 7) is 1.14. The van der Waals surface area contributed by atoms with E-state index in [1.807, 2.05) is 24.3 Å². The Kier molecular flexibility index (Phi) is 6.37. The quantitative estimate of drug-likeness (QED) is 0.562. The molecule has 27 heavy (non-hydrogen) atoms. The third-order valence-electron chi connectivity index (χ3n) is 3.67. The lowest BCUT2D eigenvalue weighted by Crippen LogP contribution is -2.08. The molecule has 0 aliphatic rings. The van der Waals surface area contributed by atoms with Gasteiger partial charge in [0, 0.05) is 43.8 Å². The minimum atomic E-state index is 0.517. The molecule has 0 atom stereocenters. The first-order valence-electron chi connectivity index (χ1n) is 8.16. The molecule has 9 heteroatoms. The highest BCUT2D eigenvalue weighted by Gasteiger charge is 2.06. The summed E-state index contributed by atoms with van der Waals surface area (Å²) in [4.78, 5) is 17.0. The van der Waals surface area contributed by atoms with Crippen LogP contribution in [0.25, 0.3) is 0 Å². The maximum atomic E-state index is 5.14. The Bertz CT molecular complexity index is 909. The van der Waals surface area contributed by atoms with Gasteiger partial charge >= 0.3 is 0 Å². The Hall–Kier alpha value is -2.94. The lowest BCUT2D eigenvalue weighted by molar-refractivity contribution is 0.397. The van der Waals surface area contributed by atoms with Crippen LogP contribution in [-0.4, -0.2) is 34.2 Å². The lowest BCUT2D eigenvalue weighted by Gasteiger charge is -2.11. The number of pyridine rings is 2. The number of nitrogens with one attached hydrogen (secondary N) is 2. The zero-order chi connectivity index (χ0) is 19.1. The van der Waals surface area contributed by atoms with Crippen LogP contribution in [0.3, 0.4) is 0 Å². The maximum absolute atomic E-state index is 5.14. The monoisotopic (exact) mass is 430 g/mol. The second-order valence-corrected chi connectivity index (χ2v) is 6.36. The van der Waals surface area contributed by atoms with Crippen molar-refractivity contribution in [3.8, 4) is 11.8 Å². The Labute approximate surface area is 165 Å². The van der Waals surface area contributed by atoms with Crippen molar-refractivity contribution < 1.29 is 9.47 Å². The van der Waals surface area contributed by atoms with Crippen LogP contribution in [0, 0.1) is 0 Å². The largest absolute Gasteiger partial charge is 0.481 e. The number of nitrogens with zero attached hydrogens (tertiary/aromatic N) is 4. The fourth-order valence-electron chi connectivity index (χ4n) is 2.29. The van der Waals surface area contributed by atoms with E-state index in [1.165, 1.54) is 0 Å². The van der Waals surface area contributed by atoms with Crippen LogP contribution in [0.5, 0.6) is 11.8 Å². The Morgan fingerprint density at radius 1 is 0.889 bits per heavy atom. The average molecular weight is 431 g/mol. The number of rotatable bonds is 8. The summed E-state index contributed by atoms with van der Waals surface area (Å²) in [6, 6.07) is 7.56. The fraction of sp³-hybridized carbons (Fsp3) is 0.222. The molecular weight excluding hydrogens is 412 g/mol. The predicted octanol–water partition coefficient (Wildman–Crippen LogP) is 3.27. The van der Waals surface area contributed by atoms with Crippen molar-refractivity contribution in [3.63, 3.8) is 0 Å². The molecule has 0 amide bonds. The normalized spacial score (nSPS) is 10.3. The van der Waals surface area contributed by atoms with E-state index < -0.39 is 0 Å². The SMILES string of the molecule is COc1cc(CNc2ncc(Br)c(NCc3ccnc(OC)c3)n2)ccn1. The van der Waals surface area contributed by atoms with Crippen LogP contribution in [0.2, 0.25) is 0 Å². The molecule has 3 rings (SSSR count). The zero-order valence-electron chi connectivity index (χ0n) is 14.9. The summed E-state index contributed by atoms with van der Waals surface area (Å²) in [5.41, 5.74) is 2.05. The molecule has 3 aromatic rings. The molecule has 0 radical (unpaired) electrons. The molecule has 0 unspecified atom stereocenters. The van der Waals surface area contributed by atoms with E-state index in [2.05, 4.69) is 46.5 Å². The fourth-order valence-corrected chi connectivity index (χ4v) is 2.62. The van der Waals surface area contributed by atoms with Gasteiger partial charge in [-0.15, -0.1) is 0 Å². The molecule has 3 heterocycles. The van der Waals surface area contributed by atoms with Gasteiger partial charge in [0.15, 0.2) is 0 Å². The summed E-state index contributed by atoms with van der Waals surface area (Å²) in [7, 11) is 3.19. The molecule has 2 N–H and O–H groups in total. The molecule has 0 saturated heterocycles. The third-order valence-corrected chi connectivity index (χ3v) is 4.25. The van der Waals surface area contributed by atoms with Gasteiger partial charge in [0.2, 0.25) is 17.7 Å². The number of hydrogen-bond donors (Lipinski definition) is 2. The molecule has 8 nitrogen and oxygen atoms in total. The van der Waals surface area contributed by atoms with Crippen molar-refractivity contribution in [1.82, 2.24) is 19.9 Å². The summed E-state index contributed by atoms with van der Waals surface area (Å²) in [5.74, 6) is 2.35. The second kappa shape index (κ2) is 9.13. The zero-order valence-corrected chi connectivity index (χ0v) is 16.5. The Morgan fingerprint density at radius 2 is 1.48 bits per heavy atom. The van der Waals surface area contributed by atoms with Gasteiger partial charge in [-0.25, -0.2) is 15.0 Å². The molecule has 3 aromatic heterocycles. The number of aromatic nitrogens is 4. The summed E-state index contributed by atoms with van der Waals surface area (Å²) >= 11 is 3.47. The average Bonchev–Trinajstić information content (AvgIpc) is 2.72. The number of hydrogen-bond acceptors (Lipinski definition) is 8. The molecular formula is C18H19BrN6O2. The minimum Gasteiger partial charge on any atom is -0.481 e. The van der Waals surface area contributed by atoms with Crippen molar-refractivity contribution in [2.75, 3.05) is 24.9 Å². The first-order valence-corrected chi connectivity index (χ1v) is 8.95. The van der Waals surface area contributed by atoms with E-state index in [0.29, 0.717) is 36.6 Å². The van der Waals surface area contributed by atoms with Gasteiger partial charge in [-0.05, 0) is 39.2 Å². The van der Waals surface area contributed by atoms with E-state index in [4.69, 9.17) is 9.47 Å². The van der Waals surface area contributed by atoms with Gasteiger partial charge in [0.25, 0.3) is 0 Å². The van der Waals surface area contributed by atoms with Crippen molar-refractivity contribution in [2.24, 2.45) is 0 Å². The topological polar surface area (TPSA) is 94.1 Å². The van der Waals surface area contributed by atoms with Gasteiger partial charge < -0.3 is 20.1 Å². The van der Waals surface area contributed by atoms with Crippen molar-refractivity contribution in [3.05, 3.63) is 58.5 Å². The van der Waals surface area contributed by atoms with Crippen molar-refractivity contribution in [1.29, 1.82) is 0 Å². The van der Waals surface area contributed by atoms with Crippen LogP contribution >= 0.6 is 15.9 Å². The van der Waals surface area contributed by atoms with Crippen LogP contribution < -0.4 is 20.1 Å². The second-order valence-electron chi connectivity index (χ2n) is 5.51. The third kappa shape index (κ3) is 5.27. The molecule has 0 fully saturated rings. The number of methoxy groups -OCH3 is 2. The number of ether oxygens (including phenoxy) is 2. The number of halogens is 1. The first-order chi connectivity index (χ1) is 13.2. The molecule has 140 valence electrons. The van der Waals surface area contributed by atoms with Crippen molar-refractivity contribution in [2.45, 2.75) is 13.1 Å². The van der Waals surface area contributed by atoms with E-state index in [1.54, 1.807) is 32.8 Å². The first kappa shape index (κ1) is 18.8. The summed E-state index contributed by atoms with van der Waals surface area (Å²) in [6.07, 6.45) is 5.12. The maximum Gasteiger partial charge on any atom is 0.224 e. The molecule has 0 aromatic carbocycles. The highest BCUT2D eigenvalue weighted by atomic mass is 79.9. The minimum absolute atomic E-state index is 0.517. The van der Waals surface area contributed by atoms with Gasteiger partial charge in [0.1, 0.15) is 5.82 Å². The molecule has 0 saturated carbocycles. The standard InChI is InChI=1S/C18H19BrN6O2/c1-26-15-7-12(3-5-20-15)9-22-17-14(19)11-24-18(25-17)23-10-13-4-6-21-16(8-13)27-2/h3-8,11H,9-10H2,1-2H3,(H2,22,23,24,25). The highest BCUT2D eigenvalue weighted by Crippen LogP contribution is 2.21. The summed E-state index contributed by atoms with van der Waals surface area (Å²) < 4.78 is 11.1. The number of anilines is 2. The van der Waals surface area contributed by atoms with E-state index in [0.717, 1.165) is 15.6 Å². The molecule has 0 aliphatic carbocycles. The van der Waals surface area contributed by atoms with Crippen LogP contribution in [0.1, 0.15) is 11.1 Å². The predicted molar refractivity (Wildman–Crippen MR) is 106 cm³/mol. The summed E-state index contributed by atoms with van der Waals surface area (Å²) in [5, 5.41) is 6.49. The van der Waals surface area contributed by atoms with Crippen LogP contribution in [-0.2, 0) is 13.1 Å². The van der Waals surface area contributed by atoms with Crippen LogP contribution in [0.15, 0.2) is 47.3 Å². The van der Waals surface area contributed by atoms with E-state index >= 15 is 0 Å². The van der Waals surface area contributed by atoms with Crippen LogP contribution in [0.4, 0.5) is 11.8 Å².